The lowest BCUT2D eigenvalue weighted by molar-refractivity contribution is 0.663. The fraction of sp³-hybridized carbons (Fsp3) is 0.273. The van der Waals surface area contributed by atoms with Crippen LogP contribution in [0.2, 0.25) is 0 Å². The number of imidazole rings is 1. The molecule has 4 heteroatoms. The average molecular weight is 202 g/mol. The second-order valence-corrected chi connectivity index (χ2v) is 3.28. The van der Waals surface area contributed by atoms with Gasteiger partial charge < -0.3 is 10.3 Å². The molecule has 15 heavy (non-hydrogen) atoms. The molecular weight excluding hydrogens is 188 g/mol. The first-order valence-electron chi connectivity index (χ1n) is 5.04. The summed E-state index contributed by atoms with van der Waals surface area (Å²) in [4.78, 5) is 11.4. The van der Waals surface area contributed by atoms with Gasteiger partial charge >= 0.3 is 0 Å². The molecule has 0 saturated heterocycles. The van der Waals surface area contributed by atoms with Gasteiger partial charge in [0.05, 0.1) is 5.69 Å². The monoisotopic (exact) mass is 202 g/mol. The molecule has 4 nitrogen and oxygen atoms in total. The molecule has 2 rings (SSSR count). The van der Waals surface area contributed by atoms with Crippen LogP contribution in [-0.2, 0) is 13.0 Å². The second kappa shape index (κ2) is 5.26. The van der Waals surface area contributed by atoms with Crippen molar-refractivity contribution in [1.29, 1.82) is 0 Å². The minimum Gasteiger partial charge on any atom is -0.349 e. The number of pyridine rings is 1. The Labute approximate surface area is 88.8 Å². The van der Waals surface area contributed by atoms with Gasteiger partial charge in [0.1, 0.15) is 5.82 Å². The third-order valence-electron chi connectivity index (χ3n) is 2.13. The number of H-pyrrole nitrogens is 1. The lowest BCUT2D eigenvalue weighted by Gasteiger charge is -2.02. The SMILES string of the molecule is c1ccc(CNCCc2ncc[nH]2)nc1. The highest BCUT2D eigenvalue weighted by molar-refractivity contribution is 5.02. The first-order valence-corrected chi connectivity index (χ1v) is 5.04. The van der Waals surface area contributed by atoms with E-state index in [0.717, 1.165) is 31.0 Å². The zero-order valence-electron chi connectivity index (χ0n) is 8.48. The Bertz CT molecular complexity index is 369. The summed E-state index contributed by atoms with van der Waals surface area (Å²) < 4.78 is 0. The third-order valence-corrected chi connectivity index (χ3v) is 2.13. The first-order chi connectivity index (χ1) is 7.45. The van der Waals surface area contributed by atoms with E-state index in [2.05, 4.69) is 20.3 Å². The van der Waals surface area contributed by atoms with E-state index in [9.17, 15) is 0 Å². The number of hydrogen-bond acceptors (Lipinski definition) is 3. The van der Waals surface area contributed by atoms with Crippen molar-refractivity contribution in [3.8, 4) is 0 Å². The quantitative estimate of drug-likeness (QED) is 0.715. The zero-order valence-corrected chi connectivity index (χ0v) is 8.48. The molecule has 0 aromatic carbocycles. The van der Waals surface area contributed by atoms with Gasteiger partial charge in [0, 0.05) is 38.1 Å². The van der Waals surface area contributed by atoms with Crippen LogP contribution in [0, 0.1) is 0 Å². The minimum absolute atomic E-state index is 0.807. The molecule has 0 aliphatic heterocycles. The number of aromatic nitrogens is 3. The summed E-state index contributed by atoms with van der Waals surface area (Å²) in [5.41, 5.74) is 1.07. The Morgan fingerprint density at radius 2 is 2.20 bits per heavy atom. The van der Waals surface area contributed by atoms with Crippen molar-refractivity contribution in [2.75, 3.05) is 6.54 Å². The standard InChI is InChI=1S/C11H14N4/c1-2-5-13-10(3-1)9-12-6-4-11-14-7-8-15-11/h1-3,5,7-8,12H,4,6,9H2,(H,14,15). The fourth-order valence-electron chi connectivity index (χ4n) is 1.36. The zero-order chi connectivity index (χ0) is 10.3. The third kappa shape index (κ3) is 3.18. The fourth-order valence-corrected chi connectivity index (χ4v) is 1.36. The van der Waals surface area contributed by atoms with Crippen molar-refractivity contribution in [1.82, 2.24) is 20.3 Å². The van der Waals surface area contributed by atoms with E-state index in [0.29, 0.717) is 0 Å². The molecule has 2 aromatic rings. The Kier molecular flexibility index (Phi) is 3.46. The molecule has 0 spiro atoms. The lowest BCUT2D eigenvalue weighted by Crippen LogP contribution is -2.17. The van der Waals surface area contributed by atoms with Gasteiger partial charge in [0.2, 0.25) is 0 Å². The maximum Gasteiger partial charge on any atom is 0.107 e. The summed E-state index contributed by atoms with van der Waals surface area (Å²) >= 11 is 0. The summed E-state index contributed by atoms with van der Waals surface area (Å²) in [6.07, 6.45) is 6.34. The highest BCUT2D eigenvalue weighted by Crippen LogP contribution is 1.93. The lowest BCUT2D eigenvalue weighted by atomic mass is 10.3. The van der Waals surface area contributed by atoms with Gasteiger partial charge in [-0.25, -0.2) is 4.98 Å². The van der Waals surface area contributed by atoms with Crippen LogP contribution in [0.5, 0.6) is 0 Å². The molecule has 0 aliphatic rings. The van der Waals surface area contributed by atoms with Gasteiger partial charge in [0.15, 0.2) is 0 Å². The normalized spacial score (nSPS) is 10.4. The molecule has 0 fully saturated rings. The maximum atomic E-state index is 4.23. The molecule has 2 heterocycles. The highest BCUT2D eigenvalue weighted by Gasteiger charge is 1.95. The van der Waals surface area contributed by atoms with Gasteiger partial charge in [-0.05, 0) is 12.1 Å². The van der Waals surface area contributed by atoms with Crippen LogP contribution in [0.4, 0.5) is 0 Å². The van der Waals surface area contributed by atoms with E-state index in [1.807, 2.05) is 30.6 Å². The van der Waals surface area contributed by atoms with Crippen LogP contribution in [-0.4, -0.2) is 21.5 Å². The summed E-state index contributed by atoms with van der Waals surface area (Å²) in [5.74, 6) is 1.02. The van der Waals surface area contributed by atoms with Crippen LogP contribution < -0.4 is 5.32 Å². The molecule has 0 unspecified atom stereocenters. The van der Waals surface area contributed by atoms with Crippen LogP contribution >= 0.6 is 0 Å². The number of hydrogen-bond donors (Lipinski definition) is 2. The summed E-state index contributed by atoms with van der Waals surface area (Å²) in [6.45, 7) is 1.71. The largest absolute Gasteiger partial charge is 0.349 e. The molecule has 0 saturated carbocycles. The smallest absolute Gasteiger partial charge is 0.107 e. The van der Waals surface area contributed by atoms with E-state index < -0.39 is 0 Å². The van der Waals surface area contributed by atoms with Crippen LogP contribution in [0.25, 0.3) is 0 Å². The molecule has 2 aromatic heterocycles. The molecule has 0 atom stereocenters. The Morgan fingerprint density at radius 1 is 1.20 bits per heavy atom. The predicted octanol–water partition coefficient (Wildman–Crippen LogP) is 1.14. The second-order valence-electron chi connectivity index (χ2n) is 3.28. The number of nitrogens with zero attached hydrogens (tertiary/aromatic N) is 2. The van der Waals surface area contributed by atoms with Gasteiger partial charge in [-0.1, -0.05) is 6.07 Å². The predicted molar refractivity (Wildman–Crippen MR) is 58.2 cm³/mol. The molecule has 2 N–H and O–H groups in total. The van der Waals surface area contributed by atoms with Crippen molar-refractivity contribution in [3.63, 3.8) is 0 Å². The van der Waals surface area contributed by atoms with Crippen molar-refractivity contribution in [2.24, 2.45) is 0 Å². The average Bonchev–Trinajstić information content (AvgIpc) is 2.79. The summed E-state index contributed by atoms with van der Waals surface area (Å²) in [7, 11) is 0. The highest BCUT2D eigenvalue weighted by atomic mass is 14.9. The Hall–Kier alpha value is -1.68. The number of rotatable bonds is 5. The molecule has 78 valence electrons. The van der Waals surface area contributed by atoms with Crippen molar-refractivity contribution in [2.45, 2.75) is 13.0 Å². The van der Waals surface area contributed by atoms with Crippen molar-refractivity contribution < 1.29 is 0 Å². The Morgan fingerprint density at radius 3 is 2.93 bits per heavy atom. The molecular formula is C11H14N4. The molecule has 0 amide bonds. The van der Waals surface area contributed by atoms with Crippen LogP contribution in [0.15, 0.2) is 36.8 Å². The molecule has 0 bridgehead atoms. The number of nitrogens with one attached hydrogen (secondary N) is 2. The number of aromatic amines is 1. The minimum atomic E-state index is 0.807. The molecule has 0 aliphatic carbocycles. The van der Waals surface area contributed by atoms with Crippen LogP contribution in [0.3, 0.4) is 0 Å². The van der Waals surface area contributed by atoms with E-state index in [4.69, 9.17) is 0 Å². The van der Waals surface area contributed by atoms with Gasteiger partial charge in [-0.15, -0.1) is 0 Å². The van der Waals surface area contributed by atoms with Crippen molar-refractivity contribution in [3.05, 3.63) is 48.3 Å². The van der Waals surface area contributed by atoms with E-state index in [1.54, 1.807) is 6.20 Å². The summed E-state index contributed by atoms with van der Waals surface area (Å²) in [5, 5.41) is 3.32. The van der Waals surface area contributed by atoms with Crippen LogP contribution in [0.1, 0.15) is 11.5 Å². The summed E-state index contributed by atoms with van der Waals surface area (Å²) in [6, 6.07) is 5.93. The Balaban J connectivity index is 1.68. The maximum absolute atomic E-state index is 4.23. The van der Waals surface area contributed by atoms with E-state index in [1.165, 1.54) is 0 Å². The van der Waals surface area contributed by atoms with Gasteiger partial charge in [-0.3, -0.25) is 4.98 Å². The topological polar surface area (TPSA) is 53.6 Å². The van der Waals surface area contributed by atoms with E-state index in [-0.39, 0.29) is 0 Å². The van der Waals surface area contributed by atoms with Gasteiger partial charge in [0.25, 0.3) is 0 Å². The van der Waals surface area contributed by atoms with Crippen molar-refractivity contribution >= 4 is 0 Å². The molecule has 0 radical (unpaired) electrons. The van der Waals surface area contributed by atoms with Gasteiger partial charge in [-0.2, -0.15) is 0 Å². The first kappa shape index (κ1) is 9.86. The van der Waals surface area contributed by atoms with E-state index >= 15 is 0 Å².